The van der Waals surface area contributed by atoms with Gasteiger partial charge in [-0.05, 0) is 136 Å². The van der Waals surface area contributed by atoms with E-state index >= 15 is 0 Å². The SMILES string of the molecule is Cc1cnc(NC2CC3CC2N(C(=O)c2c(F)cccc2-n2nccn2)C3)nc1.Cc1cnc(NC2CC3CC2N(C(=O)c2cc(F)ccc2-n2nccn2)C3)nc1.Cc1cnc(NC2CC3CC2N(C(=O)c2ccc(F)cc2-n2nccn2)C3)nc1. The fourth-order valence-corrected chi connectivity index (χ4v) is 13.2. The zero-order valence-corrected chi connectivity index (χ0v) is 47.6. The standard InChI is InChI=1S/3C20H20FN7O/c1-12-9-22-20(23-10-12)26-16-6-13-7-18(16)27(11-13)19(29)15-8-14(21)2-3-17(15)28-24-4-5-25-28;1-12-9-22-20(23-10-12)26-16-6-13-7-18(16)27(11-13)19(29)15-3-2-14(21)8-17(15)28-24-4-5-25-28;1-12-9-22-20(23-10-12)26-15-7-13-8-17(15)27(11-13)19(29)18-14(21)3-2-4-16(18)28-24-5-6-25-28/h2*2-5,8-10,13,16,18H,6-7,11H2,1H3,(H,22,23,26);2-6,9-10,13,15,17H,7-8,11H2,1H3,(H,22,23,26). The molecule has 9 unspecified atom stereocenters. The van der Waals surface area contributed by atoms with Gasteiger partial charge in [0.2, 0.25) is 17.8 Å². The van der Waals surface area contributed by atoms with Gasteiger partial charge in [-0.2, -0.15) is 45.0 Å². The number of anilines is 3. The van der Waals surface area contributed by atoms with Gasteiger partial charge >= 0.3 is 0 Å². The van der Waals surface area contributed by atoms with E-state index in [0.29, 0.717) is 77.9 Å². The molecule has 9 atom stereocenters. The number of benzene rings is 3. The Bertz CT molecular complexity index is 3880. The van der Waals surface area contributed by atoms with Crippen LogP contribution in [0.15, 0.2) is 129 Å². The lowest BCUT2D eigenvalue weighted by molar-refractivity contribution is 0.0680. The van der Waals surface area contributed by atoms with Crippen molar-refractivity contribution in [3.05, 3.63) is 180 Å². The van der Waals surface area contributed by atoms with Crippen LogP contribution >= 0.6 is 0 Å². The van der Waals surface area contributed by atoms with Crippen LogP contribution in [0.5, 0.6) is 0 Å². The maximum absolute atomic E-state index is 14.7. The van der Waals surface area contributed by atoms with E-state index in [2.05, 4.69) is 76.4 Å². The molecule has 15 rings (SSSR count). The summed E-state index contributed by atoms with van der Waals surface area (Å²) >= 11 is 0. The highest BCUT2D eigenvalue weighted by Crippen LogP contribution is 2.43. The third kappa shape index (κ3) is 11.6. The van der Waals surface area contributed by atoms with Crippen molar-refractivity contribution in [1.29, 1.82) is 0 Å². The summed E-state index contributed by atoms with van der Waals surface area (Å²) in [5, 5.41) is 34.5. The number of carbonyl (C=O) groups excluding carboxylic acids is 3. The highest BCUT2D eigenvalue weighted by Gasteiger charge is 2.50. The smallest absolute Gasteiger partial charge is 0.259 e. The molecule has 6 bridgehead atoms. The van der Waals surface area contributed by atoms with Gasteiger partial charge in [-0.25, -0.2) is 43.1 Å². The zero-order chi connectivity index (χ0) is 59.9. The highest BCUT2D eigenvalue weighted by molar-refractivity contribution is 6.00. The molecule has 3 aliphatic carbocycles. The lowest BCUT2D eigenvalue weighted by Gasteiger charge is -2.34. The van der Waals surface area contributed by atoms with Gasteiger partial charge in [0.05, 0.1) is 72.1 Å². The average Bonchev–Trinajstić information content (AvgIpc) is 1.94. The Morgan fingerprint density at radius 1 is 0.425 bits per heavy atom. The second-order valence-corrected chi connectivity index (χ2v) is 23.0. The van der Waals surface area contributed by atoms with Crippen molar-refractivity contribution in [2.45, 2.75) is 95.5 Å². The van der Waals surface area contributed by atoms with Crippen molar-refractivity contribution in [1.82, 2.24) is 89.6 Å². The number of aromatic nitrogens is 15. The molecular weight excluding hydrogens is 1120 g/mol. The number of carbonyl (C=O) groups is 3. The highest BCUT2D eigenvalue weighted by atomic mass is 19.1. The van der Waals surface area contributed by atoms with Crippen LogP contribution in [0, 0.1) is 56.0 Å². The molecule has 0 spiro atoms. The maximum atomic E-state index is 14.7. The van der Waals surface area contributed by atoms with Crippen molar-refractivity contribution in [3.63, 3.8) is 0 Å². The first-order valence-electron chi connectivity index (χ1n) is 28.8. The molecule has 3 amide bonds. The summed E-state index contributed by atoms with van der Waals surface area (Å²) in [4.78, 5) is 75.4. The predicted octanol–water partition coefficient (Wildman–Crippen LogP) is 6.66. The van der Waals surface area contributed by atoms with E-state index in [9.17, 15) is 27.6 Å². The van der Waals surface area contributed by atoms with E-state index in [1.54, 1.807) is 54.2 Å². The van der Waals surface area contributed by atoms with Gasteiger partial charge in [0.15, 0.2) is 0 Å². The Morgan fingerprint density at radius 3 is 1.24 bits per heavy atom. The molecule has 3 aliphatic heterocycles. The number of halogens is 3. The molecule has 27 heteroatoms. The van der Waals surface area contributed by atoms with E-state index in [0.717, 1.165) is 55.2 Å². The van der Waals surface area contributed by atoms with Crippen molar-refractivity contribution >= 4 is 35.6 Å². The normalized spacial score (nSPS) is 22.8. The Balaban J connectivity index is 0.000000121. The second kappa shape index (κ2) is 23.8. The van der Waals surface area contributed by atoms with Gasteiger partial charge in [-0.1, -0.05) is 6.07 Å². The molecule has 0 radical (unpaired) electrons. The Morgan fingerprint density at radius 2 is 0.805 bits per heavy atom. The quantitative estimate of drug-likeness (QED) is 0.115. The number of fused-ring (bicyclic) bond motifs is 6. The second-order valence-electron chi connectivity index (χ2n) is 23.0. The third-order valence-corrected chi connectivity index (χ3v) is 17.0. The van der Waals surface area contributed by atoms with E-state index in [4.69, 9.17) is 0 Å². The van der Waals surface area contributed by atoms with Gasteiger partial charge in [0.25, 0.3) is 17.7 Å². The number of aryl methyl sites for hydroxylation is 3. The third-order valence-electron chi connectivity index (χ3n) is 17.0. The number of nitrogens with zero attached hydrogens (tertiary/aromatic N) is 18. The van der Waals surface area contributed by atoms with Crippen molar-refractivity contribution in [2.24, 2.45) is 17.8 Å². The van der Waals surface area contributed by atoms with Crippen LogP contribution in [-0.4, -0.2) is 163 Å². The van der Waals surface area contributed by atoms with E-state index in [-0.39, 0.29) is 65.1 Å². The van der Waals surface area contributed by atoms with Crippen molar-refractivity contribution in [2.75, 3.05) is 35.6 Å². The monoisotopic (exact) mass is 1180 g/mol. The van der Waals surface area contributed by atoms with Crippen LogP contribution in [0.4, 0.5) is 31.0 Å². The number of nitrogens with one attached hydrogen (secondary N) is 3. The van der Waals surface area contributed by atoms with Crippen LogP contribution in [0.25, 0.3) is 17.1 Å². The molecule has 3 aromatic carbocycles. The van der Waals surface area contributed by atoms with Crippen molar-refractivity contribution in [3.8, 4) is 17.1 Å². The van der Waals surface area contributed by atoms with E-state index < -0.39 is 17.5 Å². The number of amides is 3. The van der Waals surface area contributed by atoms with E-state index in [1.807, 2.05) is 30.6 Å². The topological polar surface area (TPSA) is 266 Å². The van der Waals surface area contributed by atoms with Gasteiger partial charge < -0.3 is 30.7 Å². The molecule has 9 heterocycles. The largest absolute Gasteiger partial charge is 0.349 e. The summed E-state index contributed by atoms with van der Waals surface area (Å²) in [6, 6.07) is 12.9. The van der Waals surface area contributed by atoms with Crippen LogP contribution in [0.1, 0.15) is 86.3 Å². The first-order chi connectivity index (χ1) is 42.3. The molecule has 6 aliphatic rings. The molecule has 24 nitrogen and oxygen atoms in total. The molecule has 6 aromatic heterocycles. The fourth-order valence-electron chi connectivity index (χ4n) is 13.2. The minimum atomic E-state index is -0.570. The predicted molar refractivity (Wildman–Crippen MR) is 309 cm³/mol. The molecule has 3 saturated heterocycles. The number of hydrogen-bond acceptors (Lipinski definition) is 18. The molecular formula is C60H60F3N21O3. The van der Waals surface area contributed by atoms with Crippen molar-refractivity contribution < 1.29 is 27.6 Å². The number of hydrogen-bond donors (Lipinski definition) is 3. The number of piperidine rings is 3. The Kier molecular flexibility index (Phi) is 15.3. The lowest BCUT2D eigenvalue weighted by atomic mass is 10.0. The summed E-state index contributed by atoms with van der Waals surface area (Å²) < 4.78 is 42.5. The van der Waals surface area contributed by atoms with Gasteiger partial charge in [-0.15, -0.1) is 0 Å². The van der Waals surface area contributed by atoms with Gasteiger partial charge in [0, 0.05) is 81.0 Å². The van der Waals surface area contributed by atoms with Crippen LogP contribution in [-0.2, 0) is 0 Å². The van der Waals surface area contributed by atoms with Crippen LogP contribution < -0.4 is 16.0 Å². The minimum Gasteiger partial charge on any atom is -0.349 e. The molecule has 3 saturated carbocycles. The molecule has 444 valence electrons. The maximum Gasteiger partial charge on any atom is 0.259 e. The number of rotatable bonds is 12. The Hall–Kier alpha value is -10.1. The molecule has 6 fully saturated rings. The average molecular weight is 1180 g/mol. The van der Waals surface area contributed by atoms with Gasteiger partial charge in [0.1, 0.15) is 34.4 Å². The van der Waals surface area contributed by atoms with Crippen LogP contribution in [0.3, 0.4) is 0 Å². The first-order valence-corrected chi connectivity index (χ1v) is 28.8. The summed E-state index contributed by atoms with van der Waals surface area (Å²) in [6.07, 6.45) is 25.3. The Labute approximate surface area is 496 Å². The zero-order valence-electron chi connectivity index (χ0n) is 47.6. The summed E-state index contributed by atoms with van der Waals surface area (Å²) in [7, 11) is 0. The summed E-state index contributed by atoms with van der Waals surface area (Å²) in [6.45, 7) is 7.79. The fraction of sp³-hybridized carbons (Fsp3) is 0.350. The first kappa shape index (κ1) is 56.1. The lowest BCUT2D eigenvalue weighted by Crippen LogP contribution is -2.48. The molecule has 9 aromatic rings. The summed E-state index contributed by atoms with van der Waals surface area (Å²) in [5.41, 5.74) is 4.78. The van der Waals surface area contributed by atoms with Gasteiger partial charge in [-0.3, -0.25) is 14.4 Å². The summed E-state index contributed by atoms with van der Waals surface area (Å²) in [5.74, 6) is 0.754. The molecule has 87 heavy (non-hydrogen) atoms. The van der Waals surface area contributed by atoms with E-state index in [1.165, 1.54) is 94.0 Å². The molecule has 3 N–H and O–H groups in total. The van der Waals surface area contributed by atoms with Crippen LogP contribution in [0.2, 0.25) is 0 Å². The number of likely N-dealkylation sites (tertiary alicyclic amines) is 3. The minimum absolute atomic E-state index is 0.00147.